The van der Waals surface area contributed by atoms with Crippen molar-refractivity contribution in [3.63, 3.8) is 0 Å². The summed E-state index contributed by atoms with van der Waals surface area (Å²) >= 11 is 13.9. The van der Waals surface area contributed by atoms with E-state index in [4.69, 9.17) is 0 Å². The summed E-state index contributed by atoms with van der Waals surface area (Å²) in [5.74, 6) is 0. The minimum Gasteiger partial charge on any atom is -1.00 e. The van der Waals surface area contributed by atoms with E-state index < -0.39 is 0 Å². The molecule has 6 heteroatoms. The Morgan fingerprint density at radius 3 is 1.33 bits per heavy atom. The fourth-order valence-corrected chi connectivity index (χ4v) is 5.66. The molecule has 0 amide bonds. The first kappa shape index (κ1) is 17.4. The maximum Gasteiger partial charge on any atom is 0.357 e. The van der Waals surface area contributed by atoms with Crippen molar-refractivity contribution < 1.29 is 33.6 Å². The van der Waals surface area contributed by atoms with E-state index in [1.54, 1.807) is 0 Å². The van der Waals surface area contributed by atoms with Crippen LogP contribution in [0.25, 0.3) is 0 Å². The van der Waals surface area contributed by atoms with E-state index in [0.29, 0.717) is 0 Å². The van der Waals surface area contributed by atoms with Crippen LogP contribution < -0.4 is 33.6 Å². The molecule has 96 valence electrons. The van der Waals surface area contributed by atoms with Crippen LogP contribution in [0.5, 0.6) is 0 Å². The third-order valence-electron chi connectivity index (χ3n) is 1.98. The van der Waals surface area contributed by atoms with Gasteiger partial charge in [-0.15, -0.1) is 0 Å². The van der Waals surface area contributed by atoms with Gasteiger partial charge in [-0.3, -0.25) is 0 Å². The Balaban J connectivity index is 0.00000162. The number of hydrogen-bond donors (Lipinski definition) is 0. The summed E-state index contributed by atoms with van der Waals surface area (Å²) in [5, 5.41) is 0. The lowest BCUT2D eigenvalue weighted by Crippen LogP contribution is -3.61. The maximum atomic E-state index is 3.54. The molecule has 0 N–H and O–H groups in total. The third kappa shape index (κ3) is 4.74. The molecule has 0 unspecified atom stereocenters. The zero-order valence-electron chi connectivity index (χ0n) is 8.73. The zero-order chi connectivity index (χ0) is 12.4. The highest BCUT2D eigenvalue weighted by Crippen LogP contribution is 2.22. The van der Waals surface area contributed by atoms with Crippen LogP contribution >= 0.6 is 63.7 Å². The highest BCUT2D eigenvalue weighted by atomic mass is 127. The molecule has 2 aromatic rings. The Hall–Kier alpha value is 1.38. The summed E-state index contributed by atoms with van der Waals surface area (Å²) in [6.45, 7) is 0. The Labute approximate surface area is 156 Å². The van der Waals surface area contributed by atoms with Crippen molar-refractivity contribution in [3.05, 3.63) is 61.4 Å². The molecule has 0 nitrogen and oxygen atoms in total. The van der Waals surface area contributed by atoms with Crippen molar-refractivity contribution >= 4 is 63.7 Å². The molecule has 0 spiro atoms. The minimum atomic E-state index is -0.132. The minimum absolute atomic E-state index is 0. The summed E-state index contributed by atoms with van der Waals surface area (Å²) in [4.78, 5) is 0. The second kappa shape index (κ2) is 7.98. The molecule has 0 aliphatic rings. The van der Waals surface area contributed by atoms with Gasteiger partial charge in [0.15, 0.2) is 7.14 Å². The smallest absolute Gasteiger partial charge is 0.357 e. The van der Waals surface area contributed by atoms with Crippen molar-refractivity contribution in [3.8, 4) is 0 Å². The average Bonchev–Trinajstić information content (AvgIpc) is 2.29. The molecular formula is C12H6Br4ClI. The van der Waals surface area contributed by atoms with Crippen LogP contribution in [0.2, 0.25) is 0 Å². The fourth-order valence-electron chi connectivity index (χ4n) is 1.18. The van der Waals surface area contributed by atoms with Gasteiger partial charge in [-0.1, -0.05) is 0 Å². The van der Waals surface area contributed by atoms with Crippen LogP contribution in [0.4, 0.5) is 0 Å². The Bertz CT molecular complexity index is 510. The molecule has 0 saturated carbocycles. The van der Waals surface area contributed by atoms with Gasteiger partial charge in [0.2, 0.25) is 0 Å². The maximum absolute atomic E-state index is 3.54. The lowest BCUT2D eigenvalue weighted by Gasteiger charge is -1.95. The predicted octanol–water partition coefficient (Wildman–Crippen LogP) is -0.131. The Kier molecular flexibility index (Phi) is 7.73. The molecule has 0 heterocycles. The summed E-state index contributed by atoms with van der Waals surface area (Å²) < 4.78 is 7.22. The van der Waals surface area contributed by atoms with E-state index in [0.717, 1.165) is 17.9 Å². The zero-order valence-corrected chi connectivity index (χ0v) is 18.0. The topological polar surface area (TPSA) is 0 Å². The van der Waals surface area contributed by atoms with Crippen LogP contribution in [0.3, 0.4) is 0 Å². The van der Waals surface area contributed by atoms with Gasteiger partial charge in [0.1, 0.15) is 0 Å². The average molecular weight is 632 g/mol. The molecular weight excluding hydrogens is 626 g/mol. The normalized spacial score (nSPS) is 10.0. The molecule has 0 saturated heterocycles. The van der Waals surface area contributed by atoms with E-state index in [9.17, 15) is 0 Å². The molecule has 0 bridgehead atoms. The first-order valence-corrected chi connectivity index (χ1v) is 9.94. The van der Waals surface area contributed by atoms with Crippen LogP contribution in [0, 0.1) is 7.14 Å². The van der Waals surface area contributed by atoms with Crippen molar-refractivity contribution in [2.45, 2.75) is 0 Å². The van der Waals surface area contributed by atoms with E-state index in [2.05, 4.69) is 100 Å². The van der Waals surface area contributed by atoms with Crippen molar-refractivity contribution in [2.75, 3.05) is 0 Å². The summed E-state index contributed by atoms with van der Waals surface area (Å²) in [5.41, 5.74) is 0. The summed E-state index contributed by atoms with van der Waals surface area (Å²) in [6.07, 6.45) is 0. The van der Waals surface area contributed by atoms with Gasteiger partial charge in [0.05, 0.1) is 0 Å². The molecule has 2 rings (SSSR count). The number of halogens is 6. The van der Waals surface area contributed by atoms with Gasteiger partial charge in [-0.05, 0) is 88.0 Å². The SMILES string of the molecule is Brc1ccc([I+]c2ccc(Br)c(Br)c2)cc1Br.[Cl-]. The molecule has 2 aromatic carbocycles. The van der Waals surface area contributed by atoms with Crippen LogP contribution in [0.15, 0.2) is 54.3 Å². The van der Waals surface area contributed by atoms with Gasteiger partial charge in [-0.25, -0.2) is 0 Å². The molecule has 0 aliphatic heterocycles. The Morgan fingerprint density at radius 1 is 0.611 bits per heavy atom. The summed E-state index contributed by atoms with van der Waals surface area (Å²) in [6, 6.07) is 12.9. The highest BCUT2D eigenvalue weighted by molar-refractivity contribution is 9.13. The Morgan fingerprint density at radius 2 is 1.00 bits per heavy atom. The van der Waals surface area contributed by atoms with Crippen LogP contribution in [-0.2, 0) is 0 Å². The lowest BCUT2D eigenvalue weighted by molar-refractivity contribution is -0.597. The lowest BCUT2D eigenvalue weighted by atomic mass is 10.4. The van der Waals surface area contributed by atoms with E-state index in [-0.39, 0.29) is 33.6 Å². The predicted molar refractivity (Wildman–Crippen MR) is 81.1 cm³/mol. The fraction of sp³-hybridized carbons (Fsp3) is 0. The first-order chi connectivity index (χ1) is 8.06. The monoisotopic (exact) mass is 628 g/mol. The molecule has 0 aliphatic carbocycles. The molecule has 0 atom stereocenters. The van der Waals surface area contributed by atoms with E-state index >= 15 is 0 Å². The van der Waals surface area contributed by atoms with Gasteiger partial charge >= 0.3 is 21.2 Å². The highest BCUT2D eigenvalue weighted by Gasteiger charge is 2.17. The third-order valence-corrected chi connectivity index (χ3v) is 8.33. The van der Waals surface area contributed by atoms with E-state index in [1.165, 1.54) is 7.14 Å². The standard InChI is InChI=1S/C12H6Br4I.ClH/c13-9-3-1-7(5-11(9)15)17-8-2-4-10(14)12(16)6-8;/h1-6H;1H/q+1;/p-1. The largest absolute Gasteiger partial charge is 1.00 e. The quantitative estimate of drug-likeness (QED) is 0.320. The van der Waals surface area contributed by atoms with Crippen LogP contribution in [-0.4, -0.2) is 0 Å². The van der Waals surface area contributed by atoms with Crippen molar-refractivity contribution in [2.24, 2.45) is 0 Å². The molecule has 0 radical (unpaired) electrons. The number of benzene rings is 2. The van der Waals surface area contributed by atoms with E-state index in [1.807, 2.05) is 0 Å². The van der Waals surface area contributed by atoms with Gasteiger partial charge in [0, 0.05) is 30.0 Å². The van der Waals surface area contributed by atoms with Crippen molar-refractivity contribution in [1.82, 2.24) is 0 Å². The molecule has 0 aromatic heterocycles. The molecule has 0 fully saturated rings. The van der Waals surface area contributed by atoms with Gasteiger partial charge in [0.25, 0.3) is 0 Å². The van der Waals surface area contributed by atoms with Crippen molar-refractivity contribution in [1.29, 1.82) is 0 Å². The summed E-state index contributed by atoms with van der Waals surface area (Å²) in [7, 11) is 0. The van der Waals surface area contributed by atoms with Crippen LogP contribution in [0.1, 0.15) is 0 Å². The van der Waals surface area contributed by atoms with Gasteiger partial charge < -0.3 is 12.4 Å². The second-order valence-corrected chi connectivity index (χ2v) is 9.66. The molecule has 18 heavy (non-hydrogen) atoms. The number of rotatable bonds is 2. The second-order valence-electron chi connectivity index (χ2n) is 3.21. The number of hydrogen-bond acceptors (Lipinski definition) is 0. The first-order valence-electron chi connectivity index (χ1n) is 4.61. The van der Waals surface area contributed by atoms with Gasteiger partial charge in [-0.2, -0.15) is 0 Å².